The van der Waals surface area contributed by atoms with Gasteiger partial charge in [0.1, 0.15) is 16.9 Å². The van der Waals surface area contributed by atoms with Crippen LogP contribution in [0.1, 0.15) is 10.4 Å². The Balaban J connectivity index is 2.11. The van der Waals surface area contributed by atoms with Crippen LogP contribution in [0.25, 0.3) is 10.2 Å². The predicted molar refractivity (Wildman–Crippen MR) is 82.8 cm³/mol. The number of rotatable bonds is 2. The highest BCUT2D eigenvalue weighted by molar-refractivity contribution is 7.18. The second kappa shape index (κ2) is 4.92. The number of aromatic nitrogens is 2. The number of hydrogen-bond acceptors (Lipinski definition) is 5. The summed E-state index contributed by atoms with van der Waals surface area (Å²) in [5.74, 6) is 1.05. The standard InChI is InChI=1S/C14H12ClN3OS/c1-7-8(2)20-14-12(7)13(17-6-18-14)19-11-4-3-9(16)5-10(11)15/h3-6H,16H2,1-2H3. The van der Waals surface area contributed by atoms with Gasteiger partial charge in [0.05, 0.1) is 10.4 Å². The number of halogens is 1. The van der Waals surface area contributed by atoms with Crippen molar-refractivity contribution in [1.29, 1.82) is 0 Å². The molecule has 0 aliphatic carbocycles. The van der Waals surface area contributed by atoms with Gasteiger partial charge >= 0.3 is 0 Å². The Morgan fingerprint density at radius 1 is 1.25 bits per heavy atom. The van der Waals surface area contributed by atoms with Gasteiger partial charge < -0.3 is 10.5 Å². The van der Waals surface area contributed by atoms with Crippen LogP contribution in [0.4, 0.5) is 5.69 Å². The van der Waals surface area contributed by atoms with Crippen molar-refractivity contribution < 1.29 is 4.74 Å². The van der Waals surface area contributed by atoms with Gasteiger partial charge in [0.25, 0.3) is 0 Å². The lowest BCUT2D eigenvalue weighted by Crippen LogP contribution is -1.92. The molecule has 0 radical (unpaired) electrons. The van der Waals surface area contributed by atoms with E-state index in [1.165, 1.54) is 11.2 Å². The molecule has 0 amide bonds. The van der Waals surface area contributed by atoms with E-state index in [2.05, 4.69) is 16.9 Å². The normalized spacial score (nSPS) is 10.9. The maximum absolute atomic E-state index is 6.13. The van der Waals surface area contributed by atoms with Gasteiger partial charge in [0.15, 0.2) is 0 Å². The number of hydrogen-bond donors (Lipinski definition) is 1. The molecule has 2 aromatic heterocycles. The lowest BCUT2D eigenvalue weighted by Gasteiger charge is -2.08. The van der Waals surface area contributed by atoms with Crippen molar-refractivity contribution in [3.63, 3.8) is 0 Å². The van der Waals surface area contributed by atoms with Crippen molar-refractivity contribution in [3.8, 4) is 11.6 Å². The molecule has 2 N–H and O–H groups in total. The maximum Gasteiger partial charge on any atom is 0.231 e. The van der Waals surface area contributed by atoms with Crippen LogP contribution in [0.3, 0.4) is 0 Å². The van der Waals surface area contributed by atoms with Gasteiger partial charge in [-0.15, -0.1) is 11.3 Å². The molecule has 20 heavy (non-hydrogen) atoms. The SMILES string of the molecule is Cc1sc2ncnc(Oc3ccc(N)cc3Cl)c2c1C. The summed E-state index contributed by atoms with van der Waals surface area (Å²) in [6, 6.07) is 5.13. The summed E-state index contributed by atoms with van der Waals surface area (Å²) >= 11 is 7.76. The van der Waals surface area contributed by atoms with E-state index in [-0.39, 0.29) is 0 Å². The minimum atomic E-state index is 0.460. The fraction of sp³-hybridized carbons (Fsp3) is 0.143. The molecule has 0 fully saturated rings. The van der Waals surface area contributed by atoms with E-state index in [1.807, 2.05) is 6.92 Å². The number of aryl methyl sites for hydroxylation is 2. The zero-order valence-corrected chi connectivity index (χ0v) is 12.5. The van der Waals surface area contributed by atoms with E-state index < -0.39 is 0 Å². The van der Waals surface area contributed by atoms with Gasteiger partial charge in [-0.3, -0.25) is 0 Å². The number of nitrogens with two attached hydrogens (primary N) is 1. The Morgan fingerprint density at radius 3 is 2.80 bits per heavy atom. The molecule has 3 aromatic rings. The number of nitrogens with zero attached hydrogens (tertiary/aromatic N) is 2. The molecule has 0 unspecified atom stereocenters. The Hall–Kier alpha value is -1.85. The molecule has 6 heteroatoms. The first-order chi connectivity index (χ1) is 9.56. The molecule has 0 atom stereocenters. The summed E-state index contributed by atoms with van der Waals surface area (Å²) < 4.78 is 5.84. The zero-order chi connectivity index (χ0) is 14.3. The first-order valence-electron chi connectivity index (χ1n) is 6.00. The summed E-state index contributed by atoms with van der Waals surface area (Å²) in [5.41, 5.74) is 7.40. The number of anilines is 1. The van der Waals surface area contributed by atoms with Gasteiger partial charge in [-0.05, 0) is 37.6 Å². The molecular weight excluding hydrogens is 294 g/mol. The summed E-state index contributed by atoms with van der Waals surface area (Å²) in [5, 5.41) is 1.39. The second-order valence-corrected chi connectivity index (χ2v) is 6.04. The zero-order valence-electron chi connectivity index (χ0n) is 11.0. The molecule has 0 bridgehead atoms. The van der Waals surface area contributed by atoms with Crippen LogP contribution in [-0.4, -0.2) is 9.97 Å². The number of thiophene rings is 1. The minimum Gasteiger partial charge on any atom is -0.437 e. The highest BCUT2D eigenvalue weighted by atomic mass is 35.5. The smallest absolute Gasteiger partial charge is 0.231 e. The molecule has 3 rings (SSSR count). The van der Waals surface area contributed by atoms with Crippen molar-refractivity contribution in [2.75, 3.05) is 5.73 Å². The molecule has 0 saturated carbocycles. The van der Waals surface area contributed by atoms with Crippen LogP contribution < -0.4 is 10.5 Å². The fourth-order valence-corrected chi connectivity index (χ4v) is 3.15. The first kappa shape index (κ1) is 13.1. The maximum atomic E-state index is 6.13. The molecule has 0 aliphatic rings. The molecule has 0 aliphatic heterocycles. The highest BCUT2D eigenvalue weighted by Gasteiger charge is 2.14. The molecule has 0 spiro atoms. The van der Waals surface area contributed by atoms with Gasteiger partial charge in [-0.1, -0.05) is 11.6 Å². The summed E-state index contributed by atoms with van der Waals surface area (Å²) in [6.45, 7) is 4.09. The molecule has 0 saturated heterocycles. The Bertz CT molecular complexity index is 800. The predicted octanol–water partition coefficient (Wildman–Crippen LogP) is 4.34. The number of ether oxygens (including phenoxy) is 1. The van der Waals surface area contributed by atoms with E-state index >= 15 is 0 Å². The average molecular weight is 306 g/mol. The third kappa shape index (κ3) is 2.19. The largest absolute Gasteiger partial charge is 0.437 e. The summed E-state index contributed by atoms with van der Waals surface area (Å²) in [4.78, 5) is 10.6. The van der Waals surface area contributed by atoms with Crippen LogP contribution in [0.5, 0.6) is 11.6 Å². The third-order valence-electron chi connectivity index (χ3n) is 3.09. The van der Waals surface area contributed by atoms with Crippen LogP contribution in [0.2, 0.25) is 5.02 Å². The Labute approximate surface area is 125 Å². The van der Waals surface area contributed by atoms with Gasteiger partial charge in [-0.2, -0.15) is 0 Å². The molecule has 1 aromatic carbocycles. The third-order valence-corrected chi connectivity index (χ3v) is 4.50. The number of nitrogen functional groups attached to an aromatic ring is 1. The van der Waals surface area contributed by atoms with Crippen LogP contribution >= 0.6 is 22.9 Å². The van der Waals surface area contributed by atoms with E-state index in [0.29, 0.717) is 22.3 Å². The number of benzene rings is 1. The molecular formula is C14H12ClN3OS. The quantitative estimate of drug-likeness (QED) is 0.716. The van der Waals surface area contributed by atoms with Crippen LogP contribution in [0.15, 0.2) is 24.5 Å². The monoisotopic (exact) mass is 305 g/mol. The van der Waals surface area contributed by atoms with Gasteiger partial charge in [-0.25, -0.2) is 9.97 Å². The molecule has 4 nitrogen and oxygen atoms in total. The molecule has 2 heterocycles. The van der Waals surface area contributed by atoms with Crippen LogP contribution in [0, 0.1) is 13.8 Å². The van der Waals surface area contributed by atoms with Crippen molar-refractivity contribution in [2.24, 2.45) is 0 Å². The van der Waals surface area contributed by atoms with Crippen molar-refractivity contribution in [1.82, 2.24) is 9.97 Å². The highest BCUT2D eigenvalue weighted by Crippen LogP contribution is 2.37. The average Bonchev–Trinajstić information content (AvgIpc) is 2.69. The van der Waals surface area contributed by atoms with E-state index in [0.717, 1.165) is 15.8 Å². The van der Waals surface area contributed by atoms with Crippen molar-refractivity contribution in [3.05, 3.63) is 40.0 Å². The minimum absolute atomic E-state index is 0.460. The Kier molecular flexibility index (Phi) is 3.23. The van der Waals surface area contributed by atoms with E-state index in [1.54, 1.807) is 29.5 Å². The topological polar surface area (TPSA) is 61.0 Å². The van der Waals surface area contributed by atoms with Gasteiger partial charge in [0.2, 0.25) is 5.88 Å². The van der Waals surface area contributed by atoms with Crippen LogP contribution in [-0.2, 0) is 0 Å². The van der Waals surface area contributed by atoms with Gasteiger partial charge in [0, 0.05) is 10.6 Å². The van der Waals surface area contributed by atoms with E-state index in [9.17, 15) is 0 Å². The lowest BCUT2D eigenvalue weighted by molar-refractivity contribution is 0.468. The Morgan fingerprint density at radius 2 is 2.05 bits per heavy atom. The second-order valence-electron chi connectivity index (χ2n) is 4.43. The van der Waals surface area contributed by atoms with Crippen molar-refractivity contribution in [2.45, 2.75) is 13.8 Å². The lowest BCUT2D eigenvalue weighted by atomic mass is 10.2. The molecule has 102 valence electrons. The first-order valence-corrected chi connectivity index (χ1v) is 7.19. The summed E-state index contributed by atoms with van der Waals surface area (Å²) in [7, 11) is 0. The van der Waals surface area contributed by atoms with E-state index in [4.69, 9.17) is 22.1 Å². The number of fused-ring (bicyclic) bond motifs is 1. The fourth-order valence-electron chi connectivity index (χ4n) is 1.93. The summed E-state index contributed by atoms with van der Waals surface area (Å²) in [6.07, 6.45) is 1.50. The van der Waals surface area contributed by atoms with Crippen molar-refractivity contribution >= 4 is 38.8 Å².